The van der Waals surface area contributed by atoms with Crippen molar-refractivity contribution < 1.29 is 4.79 Å². The molecule has 0 bridgehead atoms. The molecule has 1 heterocycles. The van der Waals surface area contributed by atoms with E-state index in [1.54, 1.807) is 4.68 Å². The Bertz CT molecular complexity index is 366. The van der Waals surface area contributed by atoms with Crippen LogP contribution in [0.3, 0.4) is 0 Å². The summed E-state index contributed by atoms with van der Waals surface area (Å²) >= 11 is 0. The predicted octanol–water partition coefficient (Wildman–Crippen LogP) is 0.587. The van der Waals surface area contributed by atoms with Crippen LogP contribution in [-0.4, -0.2) is 16.1 Å². The van der Waals surface area contributed by atoms with Gasteiger partial charge in [0.1, 0.15) is 0 Å². The Hall–Kier alpha value is -1.56. The van der Waals surface area contributed by atoms with E-state index < -0.39 is 0 Å². The van der Waals surface area contributed by atoms with E-state index in [1.165, 1.54) is 0 Å². The van der Waals surface area contributed by atoms with Gasteiger partial charge in [0, 0.05) is 7.05 Å². The minimum atomic E-state index is 0.589. The van der Waals surface area contributed by atoms with Crippen LogP contribution in [0, 0.1) is 25.7 Å². The second-order valence-electron chi connectivity index (χ2n) is 2.56. The standard InChI is InChI=1S/C9H10N2O/c1-7-9(5-4-6-12)8(2)11(3)10-7/h6H,1-3H3. The first-order valence-electron chi connectivity index (χ1n) is 3.62. The quantitative estimate of drug-likeness (QED) is 0.413. The molecule has 0 fully saturated rings. The molecule has 0 aromatic carbocycles. The van der Waals surface area contributed by atoms with Crippen molar-refractivity contribution in [3.8, 4) is 11.8 Å². The monoisotopic (exact) mass is 162 g/mol. The number of hydrogen-bond acceptors (Lipinski definition) is 2. The molecule has 0 aliphatic rings. The fourth-order valence-corrected chi connectivity index (χ4v) is 1.06. The number of rotatable bonds is 0. The van der Waals surface area contributed by atoms with Crippen molar-refractivity contribution in [2.24, 2.45) is 7.05 Å². The molecule has 62 valence electrons. The van der Waals surface area contributed by atoms with Gasteiger partial charge in [-0.3, -0.25) is 9.48 Å². The fourth-order valence-electron chi connectivity index (χ4n) is 1.06. The van der Waals surface area contributed by atoms with Crippen molar-refractivity contribution in [3.05, 3.63) is 17.0 Å². The summed E-state index contributed by atoms with van der Waals surface area (Å²) in [4.78, 5) is 10.0. The van der Waals surface area contributed by atoms with Crippen LogP contribution in [0.15, 0.2) is 0 Å². The molecule has 0 aliphatic heterocycles. The zero-order chi connectivity index (χ0) is 9.14. The van der Waals surface area contributed by atoms with Crippen LogP contribution in [-0.2, 0) is 11.8 Å². The van der Waals surface area contributed by atoms with E-state index in [0.717, 1.165) is 17.0 Å². The molecule has 1 rings (SSSR count). The first-order valence-corrected chi connectivity index (χ1v) is 3.62. The second-order valence-corrected chi connectivity index (χ2v) is 2.56. The number of aromatic nitrogens is 2. The zero-order valence-corrected chi connectivity index (χ0v) is 7.38. The maximum atomic E-state index is 10.0. The highest BCUT2D eigenvalue weighted by Crippen LogP contribution is 2.09. The summed E-state index contributed by atoms with van der Waals surface area (Å²) in [5.41, 5.74) is 2.70. The molecule has 0 radical (unpaired) electrons. The normalized spacial score (nSPS) is 8.92. The molecular formula is C9H10N2O. The van der Waals surface area contributed by atoms with Gasteiger partial charge in [-0.15, -0.1) is 0 Å². The SMILES string of the molecule is Cc1nn(C)c(C)c1C#CC=O. The smallest absolute Gasteiger partial charge is 0.193 e. The van der Waals surface area contributed by atoms with Crippen LogP contribution in [0.5, 0.6) is 0 Å². The minimum absolute atomic E-state index is 0.589. The second kappa shape index (κ2) is 3.22. The largest absolute Gasteiger partial charge is 0.289 e. The molecule has 3 nitrogen and oxygen atoms in total. The highest BCUT2D eigenvalue weighted by Gasteiger charge is 2.05. The maximum absolute atomic E-state index is 10.0. The molecule has 3 heteroatoms. The van der Waals surface area contributed by atoms with Crippen LogP contribution >= 0.6 is 0 Å². The van der Waals surface area contributed by atoms with E-state index in [-0.39, 0.29) is 0 Å². The molecule has 0 aliphatic carbocycles. The van der Waals surface area contributed by atoms with Gasteiger partial charge in [0.15, 0.2) is 6.29 Å². The molecule has 0 N–H and O–H groups in total. The van der Waals surface area contributed by atoms with Gasteiger partial charge < -0.3 is 0 Å². The van der Waals surface area contributed by atoms with Crippen LogP contribution in [0.1, 0.15) is 17.0 Å². The number of carbonyl (C=O) groups is 1. The Balaban J connectivity index is 3.22. The van der Waals surface area contributed by atoms with Gasteiger partial charge in [-0.25, -0.2) is 0 Å². The van der Waals surface area contributed by atoms with E-state index in [2.05, 4.69) is 16.9 Å². The van der Waals surface area contributed by atoms with Crippen molar-refractivity contribution in [2.45, 2.75) is 13.8 Å². The Kier molecular flexibility index (Phi) is 2.29. The molecule has 0 spiro atoms. The summed E-state index contributed by atoms with van der Waals surface area (Å²) in [5.74, 6) is 5.13. The lowest BCUT2D eigenvalue weighted by Crippen LogP contribution is -1.92. The van der Waals surface area contributed by atoms with Gasteiger partial charge in [-0.05, 0) is 19.8 Å². The van der Waals surface area contributed by atoms with Crippen molar-refractivity contribution in [1.82, 2.24) is 9.78 Å². The lowest BCUT2D eigenvalue weighted by Gasteiger charge is -1.90. The van der Waals surface area contributed by atoms with Crippen LogP contribution in [0.4, 0.5) is 0 Å². The summed E-state index contributed by atoms with van der Waals surface area (Å²) in [7, 11) is 1.86. The van der Waals surface area contributed by atoms with E-state index in [0.29, 0.717) is 6.29 Å². The van der Waals surface area contributed by atoms with Crippen LogP contribution in [0.25, 0.3) is 0 Å². The number of aldehydes is 1. The van der Waals surface area contributed by atoms with E-state index in [9.17, 15) is 4.79 Å². The summed E-state index contributed by atoms with van der Waals surface area (Å²) < 4.78 is 1.75. The van der Waals surface area contributed by atoms with Gasteiger partial charge in [0.2, 0.25) is 0 Å². The average molecular weight is 162 g/mol. The summed E-state index contributed by atoms with van der Waals surface area (Å²) in [6.07, 6.45) is 0.589. The fraction of sp³-hybridized carbons (Fsp3) is 0.333. The Morgan fingerprint density at radius 1 is 1.50 bits per heavy atom. The molecule has 0 atom stereocenters. The predicted molar refractivity (Wildman–Crippen MR) is 45.6 cm³/mol. The first-order chi connectivity index (χ1) is 5.66. The minimum Gasteiger partial charge on any atom is -0.289 e. The number of hydrogen-bond donors (Lipinski definition) is 0. The lowest BCUT2D eigenvalue weighted by molar-refractivity contribution is -0.103. The summed E-state index contributed by atoms with van der Waals surface area (Å²) in [6, 6.07) is 0. The lowest BCUT2D eigenvalue weighted by atomic mass is 10.2. The maximum Gasteiger partial charge on any atom is 0.193 e. The van der Waals surface area contributed by atoms with E-state index in [4.69, 9.17) is 0 Å². The molecule has 12 heavy (non-hydrogen) atoms. The highest BCUT2D eigenvalue weighted by molar-refractivity contribution is 5.74. The molecule has 0 unspecified atom stereocenters. The summed E-state index contributed by atoms with van der Waals surface area (Å²) in [6.45, 7) is 3.80. The van der Waals surface area contributed by atoms with Crippen molar-refractivity contribution >= 4 is 6.29 Å². The summed E-state index contributed by atoms with van der Waals surface area (Å²) in [5, 5.41) is 4.16. The van der Waals surface area contributed by atoms with Crippen molar-refractivity contribution in [1.29, 1.82) is 0 Å². The molecule has 0 amide bonds. The number of nitrogens with zero attached hydrogens (tertiary/aromatic N) is 2. The number of aryl methyl sites for hydroxylation is 2. The third-order valence-electron chi connectivity index (χ3n) is 1.77. The van der Waals surface area contributed by atoms with Gasteiger partial charge in [-0.1, -0.05) is 5.92 Å². The van der Waals surface area contributed by atoms with Crippen molar-refractivity contribution in [3.63, 3.8) is 0 Å². The molecule has 0 saturated carbocycles. The third-order valence-corrected chi connectivity index (χ3v) is 1.77. The molecule has 1 aromatic heterocycles. The molecule has 1 aromatic rings. The van der Waals surface area contributed by atoms with E-state index in [1.807, 2.05) is 20.9 Å². The van der Waals surface area contributed by atoms with Gasteiger partial charge in [0.05, 0.1) is 17.0 Å². The number of carbonyl (C=O) groups excluding carboxylic acids is 1. The van der Waals surface area contributed by atoms with Gasteiger partial charge in [0.25, 0.3) is 0 Å². The highest BCUT2D eigenvalue weighted by atomic mass is 16.1. The van der Waals surface area contributed by atoms with Gasteiger partial charge >= 0.3 is 0 Å². The zero-order valence-electron chi connectivity index (χ0n) is 7.38. The van der Waals surface area contributed by atoms with Crippen LogP contribution < -0.4 is 0 Å². The molecule has 0 saturated heterocycles. The molecular weight excluding hydrogens is 152 g/mol. The first kappa shape index (κ1) is 8.54. The van der Waals surface area contributed by atoms with E-state index >= 15 is 0 Å². The topological polar surface area (TPSA) is 34.9 Å². The third kappa shape index (κ3) is 1.37. The Morgan fingerprint density at radius 2 is 2.17 bits per heavy atom. The van der Waals surface area contributed by atoms with Gasteiger partial charge in [-0.2, -0.15) is 5.10 Å². The average Bonchev–Trinajstić information content (AvgIpc) is 2.25. The Labute approximate surface area is 71.4 Å². The van der Waals surface area contributed by atoms with Crippen LogP contribution in [0.2, 0.25) is 0 Å². The van der Waals surface area contributed by atoms with Crippen molar-refractivity contribution in [2.75, 3.05) is 0 Å². The Morgan fingerprint density at radius 3 is 2.58 bits per heavy atom.